The van der Waals surface area contributed by atoms with Crippen molar-refractivity contribution >= 4 is 22.8 Å². The minimum Gasteiger partial charge on any atom is -0.228 e. The molecule has 142 valence electrons. The summed E-state index contributed by atoms with van der Waals surface area (Å²) in [5.41, 5.74) is 3.37. The Labute approximate surface area is 170 Å². The summed E-state index contributed by atoms with van der Waals surface area (Å²) in [6.45, 7) is 2.25. The van der Waals surface area contributed by atoms with E-state index in [1.165, 1.54) is 10.5 Å². The molecule has 4 rings (SSSR count). The Bertz CT molecular complexity index is 970. The number of thioether (sulfide) groups is 1. The molecule has 4 heteroatoms. The molecule has 1 heterocycles. The van der Waals surface area contributed by atoms with Gasteiger partial charge in [-0.3, -0.25) is 0 Å². The second-order valence-electron chi connectivity index (χ2n) is 7.12. The SMILES string of the molecule is CCCCC(Cc1ccccc1)(Sc1ccccc1)n1nnc2ccccc21. The first-order chi connectivity index (χ1) is 13.8. The van der Waals surface area contributed by atoms with Gasteiger partial charge in [-0.15, -0.1) is 5.10 Å². The van der Waals surface area contributed by atoms with Gasteiger partial charge in [-0.25, -0.2) is 4.68 Å². The van der Waals surface area contributed by atoms with Crippen LogP contribution in [0.3, 0.4) is 0 Å². The van der Waals surface area contributed by atoms with Crippen molar-refractivity contribution < 1.29 is 0 Å². The molecule has 0 amide bonds. The van der Waals surface area contributed by atoms with E-state index >= 15 is 0 Å². The van der Waals surface area contributed by atoms with Gasteiger partial charge in [-0.1, -0.05) is 97.4 Å². The van der Waals surface area contributed by atoms with E-state index in [1.54, 1.807) is 0 Å². The Balaban J connectivity index is 1.85. The van der Waals surface area contributed by atoms with Crippen molar-refractivity contribution in [1.82, 2.24) is 15.0 Å². The molecular weight excluding hydrogens is 362 g/mol. The van der Waals surface area contributed by atoms with E-state index in [-0.39, 0.29) is 4.87 Å². The molecule has 0 aliphatic heterocycles. The smallest absolute Gasteiger partial charge is 0.119 e. The van der Waals surface area contributed by atoms with E-state index < -0.39 is 0 Å². The highest BCUT2D eigenvalue weighted by atomic mass is 32.2. The zero-order valence-corrected chi connectivity index (χ0v) is 17.0. The molecule has 3 aromatic carbocycles. The predicted molar refractivity (Wildman–Crippen MR) is 117 cm³/mol. The van der Waals surface area contributed by atoms with Crippen molar-refractivity contribution in [2.75, 3.05) is 0 Å². The van der Waals surface area contributed by atoms with Crippen molar-refractivity contribution in [2.45, 2.75) is 42.4 Å². The van der Waals surface area contributed by atoms with Gasteiger partial charge in [-0.2, -0.15) is 0 Å². The van der Waals surface area contributed by atoms with Gasteiger partial charge in [0.05, 0.1) is 5.52 Å². The van der Waals surface area contributed by atoms with Crippen molar-refractivity contribution in [1.29, 1.82) is 0 Å². The van der Waals surface area contributed by atoms with Gasteiger partial charge in [0.1, 0.15) is 10.4 Å². The molecule has 0 bridgehead atoms. The Morgan fingerprint density at radius 3 is 2.29 bits per heavy atom. The van der Waals surface area contributed by atoms with Crippen LogP contribution in [0, 0.1) is 0 Å². The van der Waals surface area contributed by atoms with Crippen molar-refractivity contribution in [3.8, 4) is 0 Å². The number of fused-ring (bicyclic) bond motifs is 1. The second-order valence-corrected chi connectivity index (χ2v) is 8.55. The first-order valence-electron chi connectivity index (χ1n) is 9.90. The maximum absolute atomic E-state index is 4.66. The molecular formula is C24H25N3S. The van der Waals surface area contributed by atoms with E-state index in [1.807, 2.05) is 23.9 Å². The quantitative estimate of drug-likeness (QED) is 0.332. The molecule has 1 unspecified atom stereocenters. The maximum atomic E-state index is 4.66. The van der Waals surface area contributed by atoms with Crippen LogP contribution in [0.5, 0.6) is 0 Å². The van der Waals surface area contributed by atoms with E-state index in [4.69, 9.17) is 0 Å². The molecule has 1 aromatic heterocycles. The fourth-order valence-electron chi connectivity index (χ4n) is 3.65. The Kier molecular flexibility index (Phi) is 5.77. The Hall–Kier alpha value is -2.59. The Morgan fingerprint density at radius 1 is 0.857 bits per heavy atom. The first kappa shape index (κ1) is 18.8. The van der Waals surface area contributed by atoms with E-state index in [0.717, 1.165) is 36.7 Å². The fourth-order valence-corrected chi connectivity index (χ4v) is 5.08. The molecule has 0 aliphatic rings. The molecule has 0 radical (unpaired) electrons. The zero-order valence-electron chi connectivity index (χ0n) is 16.2. The molecule has 0 N–H and O–H groups in total. The molecule has 28 heavy (non-hydrogen) atoms. The van der Waals surface area contributed by atoms with Gasteiger partial charge in [0.25, 0.3) is 0 Å². The average molecular weight is 388 g/mol. The lowest BCUT2D eigenvalue weighted by atomic mass is 10.00. The van der Waals surface area contributed by atoms with E-state index in [2.05, 4.69) is 94.7 Å². The number of hydrogen-bond acceptors (Lipinski definition) is 3. The van der Waals surface area contributed by atoms with Crippen LogP contribution >= 0.6 is 11.8 Å². The summed E-state index contributed by atoms with van der Waals surface area (Å²) in [4.78, 5) is 1.03. The molecule has 0 aliphatic carbocycles. The normalized spacial score (nSPS) is 13.5. The van der Waals surface area contributed by atoms with Crippen LogP contribution < -0.4 is 0 Å². The van der Waals surface area contributed by atoms with Crippen molar-refractivity contribution in [2.24, 2.45) is 0 Å². The molecule has 0 saturated heterocycles. The third-order valence-corrected chi connectivity index (χ3v) is 6.44. The highest BCUT2D eigenvalue weighted by Crippen LogP contribution is 2.44. The summed E-state index contributed by atoms with van der Waals surface area (Å²) in [6, 6.07) is 29.7. The van der Waals surface area contributed by atoms with Gasteiger partial charge >= 0.3 is 0 Å². The highest BCUT2D eigenvalue weighted by Gasteiger charge is 2.36. The average Bonchev–Trinajstić information content (AvgIpc) is 3.18. The van der Waals surface area contributed by atoms with E-state index in [9.17, 15) is 0 Å². The van der Waals surface area contributed by atoms with Gasteiger partial charge in [0.2, 0.25) is 0 Å². The first-order valence-corrected chi connectivity index (χ1v) is 10.7. The van der Waals surface area contributed by atoms with Gasteiger partial charge < -0.3 is 0 Å². The van der Waals surface area contributed by atoms with Crippen LogP contribution in [-0.4, -0.2) is 15.0 Å². The standard InChI is InChI=1S/C24H25N3S/c1-2-3-18-24(19-20-12-6-4-7-13-20,28-21-14-8-5-9-15-21)27-23-17-11-10-16-22(23)25-26-27/h4-17H,2-3,18-19H2,1H3. The number of para-hydroxylation sites is 1. The number of benzene rings is 3. The van der Waals surface area contributed by atoms with Crippen LogP contribution in [0.2, 0.25) is 0 Å². The molecule has 0 saturated carbocycles. The zero-order chi connectivity index (χ0) is 19.2. The largest absolute Gasteiger partial charge is 0.228 e. The van der Waals surface area contributed by atoms with Crippen LogP contribution in [0.1, 0.15) is 31.7 Å². The van der Waals surface area contributed by atoms with Crippen molar-refractivity contribution in [3.05, 3.63) is 90.5 Å². The second kappa shape index (κ2) is 8.61. The Morgan fingerprint density at radius 2 is 1.54 bits per heavy atom. The third-order valence-electron chi connectivity index (χ3n) is 5.03. The number of rotatable bonds is 8. The van der Waals surface area contributed by atoms with Gasteiger partial charge in [0.15, 0.2) is 0 Å². The molecule has 0 fully saturated rings. The lowest BCUT2D eigenvalue weighted by Crippen LogP contribution is -2.34. The fraction of sp³-hybridized carbons (Fsp3) is 0.250. The van der Waals surface area contributed by atoms with E-state index in [0.29, 0.717) is 0 Å². The van der Waals surface area contributed by atoms with Gasteiger partial charge in [0, 0.05) is 11.3 Å². The van der Waals surface area contributed by atoms with Crippen LogP contribution in [0.4, 0.5) is 0 Å². The van der Waals surface area contributed by atoms with Gasteiger partial charge in [-0.05, 0) is 36.2 Å². The van der Waals surface area contributed by atoms with Crippen LogP contribution in [-0.2, 0) is 11.3 Å². The summed E-state index contributed by atoms with van der Waals surface area (Å²) in [5.74, 6) is 0. The summed E-state index contributed by atoms with van der Waals surface area (Å²) in [6.07, 6.45) is 4.23. The summed E-state index contributed by atoms with van der Waals surface area (Å²) in [5, 5.41) is 9.13. The third kappa shape index (κ3) is 3.97. The molecule has 3 nitrogen and oxygen atoms in total. The number of unbranched alkanes of at least 4 members (excludes halogenated alkanes) is 1. The lowest BCUT2D eigenvalue weighted by Gasteiger charge is -2.34. The summed E-state index contributed by atoms with van der Waals surface area (Å²) < 4.78 is 2.17. The molecule has 1 atom stereocenters. The monoisotopic (exact) mass is 387 g/mol. The summed E-state index contributed by atoms with van der Waals surface area (Å²) >= 11 is 1.90. The minimum absolute atomic E-state index is 0.227. The van der Waals surface area contributed by atoms with Crippen molar-refractivity contribution in [3.63, 3.8) is 0 Å². The highest BCUT2D eigenvalue weighted by molar-refractivity contribution is 8.00. The number of hydrogen-bond donors (Lipinski definition) is 0. The summed E-state index contributed by atoms with van der Waals surface area (Å²) in [7, 11) is 0. The number of nitrogens with zero attached hydrogens (tertiary/aromatic N) is 3. The van der Waals surface area contributed by atoms with Crippen LogP contribution in [0.15, 0.2) is 89.8 Å². The molecule has 4 aromatic rings. The predicted octanol–water partition coefficient (Wildman–Crippen LogP) is 6.31. The van der Waals surface area contributed by atoms with Crippen LogP contribution in [0.25, 0.3) is 11.0 Å². The topological polar surface area (TPSA) is 30.7 Å². The number of aromatic nitrogens is 3. The minimum atomic E-state index is -0.227. The molecule has 0 spiro atoms. The maximum Gasteiger partial charge on any atom is 0.119 e. The lowest BCUT2D eigenvalue weighted by molar-refractivity contribution is 0.362.